The Labute approximate surface area is 149 Å². The molecule has 2 aromatic carbocycles. The second kappa shape index (κ2) is 7.81. The maximum absolute atomic E-state index is 12.1. The van der Waals surface area contributed by atoms with Crippen molar-refractivity contribution in [3.8, 4) is 6.07 Å². The number of carbonyl (C=O) groups excluding carboxylic acids is 1. The molecule has 0 bridgehead atoms. The third kappa shape index (κ3) is 5.32. The lowest BCUT2D eigenvalue weighted by atomic mass is 10.2. The van der Waals surface area contributed by atoms with Crippen LogP contribution in [-0.4, -0.2) is 18.9 Å². The summed E-state index contributed by atoms with van der Waals surface area (Å²) in [5.74, 6) is -0.677. The largest absolute Gasteiger partial charge is 0.360 e. The lowest BCUT2D eigenvalue weighted by molar-refractivity contribution is -0.112. The molecule has 0 aromatic heterocycles. The van der Waals surface area contributed by atoms with Crippen LogP contribution in [0, 0.1) is 11.3 Å². The number of rotatable bonds is 5. The first-order valence-corrected chi connectivity index (χ1v) is 8.62. The van der Waals surface area contributed by atoms with E-state index in [1.165, 1.54) is 18.3 Å². The molecule has 128 valence electrons. The van der Waals surface area contributed by atoms with Gasteiger partial charge >= 0.3 is 0 Å². The maximum Gasteiger partial charge on any atom is 0.294 e. The molecule has 0 radical (unpaired) electrons. The molecule has 1 amide bonds. The summed E-state index contributed by atoms with van der Waals surface area (Å²) >= 11 is 5.77. The first-order valence-electron chi connectivity index (χ1n) is 6.81. The van der Waals surface area contributed by atoms with Gasteiger partial charge in [-0.15, -0.1) is 0 Å². The van der Waals surface area contributed by atoms with Gasteiger partial charge in [0.05, 0.1) is 4.90 Å². The van der Waals surface area contributed by atoms with E-state index in [1.54, 1.807) is 30.3 Å². The summed E-state index contributed by atoms with van der Waals surface area (Å²) in [6.07, 6.45) is 1.24. The third-order valence-electron chi connectivity index (χ3n) is 3.00. The predicted octanol–water partition coefficient (Wildman–Crippen LogP) is 3.04. The van der Waals surface area contributed by atoms with Crippen LogP contribution in [0.4, 0.5) is 11.4 Å². The zero-order valence-electron chi connectivity index (χ0n) is 12.6. The normalized spacial score (nSPS) is 11.5. The van der Waals surface area contributed by atoms with Crippen LogP contribution in [-0.2, 0) is 14.9 Å². The summed E-state index contributed by atoms with van der Waals surface area (Å²) in [5.41, 5.74) is 0.723. The Morgan fingerprint density at radius 2 is 1.64 bits per heavy atom. The van der Waals surface area contributed by atoms with E-state index in [9.17, 15) is 13.2 Å². The summed E-state index contributed by atoms with van der Waals surface area (Å²) in [6, 6.07) is 13.3. The van der Waals surface area contributed by atoms with E-state index in [0.29, 0.717) is 10.7 Å². The van der Waals surface area contributed by atoms with E-state index >= 15 is 0 Å². The van der Waals surface area contributed by atoms with E-state index < -0.39 is 16.0 Å². The molecule has 0 aliphatic heterocycles. The Balaban J connectivity index is 2.08. The molecule has 0 spiro atoms. The van der Waals surface area contributed by atoms with Crippen LogP contribution in [0.3, 0.4) is 0 Å². The molecule has 0 atom stereocenters. The van der Waals surface area contributed by atoms with Crippen molar-refractivity contribution in [3.63, 3.8) is 0 Å². The highest BCUT2D eigenvalue weighted by Crippen LogP contribution is 2.16. The SMILES string of the molecule is N#C/C(=C/Nc1ccc(Cl)cc1)C(=O)Nc1ccc(S(=O)(=O)O)cc1. The average molecular weight is 378 g/mol. The van der Waals surface area contributed by atoms with Gasteiger partial charge < -0.3 is 10.6 Å². The van der Waals surface area contributed by atoms with Crippen LogP contribution in [0.5, 0.6) is 0 Å². The summed E-state index contributed by atoms with van der Waals surface area (Å²) in [4.78, 5) is 11.8. The van der Waals surface area contributed by atoms with Crippen molar-refractivity contribution in [3.05, 3.63) is 65.3 Å². The quantitative estimate of drug-likeness (QED) is 0.418. The number of amides is 1. The summed E-state index contributed by atoms with van der Waals surface area (Å²) in [6.45, 7) is 0. The minimum absolute atomic E-state index is 0.186. The highest BCUT2D eigenvalue weighted by atomic mass is 35.5. The maximum atomic E-state index is 12.1. The molecule has 9 heteroatoms. The standard InChI is InChI=1S/C16H12ClN3O4S/c17-12-1-3-13(4-2-12)19-10-11(9-18)16(21)20-14-5-7-15(8-6-14)25(22,23)24/h1-8,10,19H,(H,20,21)(H,22,23,24)/b11-10-. The monoisotopic (exact) mass is 377 g/mol. The van der Waals surface area contributed by atoms with E-state index in [-0.39, 0.29) is 16.2 Å². The number of carbonyl (C=O) groups is 1. The fourth-order valence-electron chi connectivity index (χ4n) is 1.76. The van der Waals surface area contributed by atoms with Crippen molar-refractivity contribution in [1.29, 1.82) is 5.26 Å². The van der Waals surface area contributed by atoms with Crippen LogP contribution < -0.4 is 10.6 Å². The number of nitriles is 1. The highest BCUT2D eigenvalue weighted by Gasteiger charge is 2.12. The van der Waals surface area contributed by atoms with Crippen LogP contribution in [0.2, 0.25) is 5.02 Å². The molecule has 3 N–H and O–H groups in total. The van der Waals surface area contributed by atoms with Gasteiger partial charge in [0.25, 0.3) is 16.0 Å². The van der Waals surface area contributed by atoms with Crippen molar-refractivity contribution in [2.24, 2.45) is 0 Å². The van der Waals surface area contributed by atoms with Gasteiger partial charge in [0, 0.05) is 22.6 Å². The van der Waals surface area contributed by atoms with Crippen molar-refractivity contribution in [2.45, 2.75) is 4.90 Å². The minimum atomic E-state index is -4.31. The van der Waals surface area contributed by atoms with Gasteiger partial charge in [-0.25, -0.2) is 0 Å². The Morgan fingerprint density at radius 3 is 2.16 bits per heavy atom. The first kappa shape index (κ1) is 18.5. The van der Waals surface area contributed by atoms with E-state index in [4.69, 9.17) is 21.4 Å². The van der Waals surface area contributed by atoms with Gasteiger partial charge in [-0.3, -0.25) is 9.35 Å². The molecule has 0 fully saturated rings. The third-order valence-corrected chi connectivity index (χ3v) is 4.12. The number of hydrogen-bond acceptors (Lipinski definition) is 5. The van der Waals surface area contributed by atoms with Crippen LogP contribution in [0.1, 0.15) is 0 Å². The Kier molecular flexibility index (Phi) is 5.77. The molecular formula is C16H12ClN3O4S. The Morgan fingerprint density at radius 1 is 1.08 bits per heavy atom. The van der Waals surface area contributed by atoms with Crippen LogP contribution >= 0.6 is 11.6 Å². The van der Waals surface area contributed by atoms with Crippen molar-refractivity contribution < 1.29 is 17.8 Å². The van der Waals surface area contributed by atoms with Crippen molar-refractivity contribution in [1.82, 2.24) is 0 Å². The fourth-order valence-corrected chi connectivity index (χ4v) is 2.36. The summed E-state index contributed by atoms with van der Waals surface area (Å²) in [5, 5.41) is 14.9. The fraction of sp³-hybridized carbons (Fsp3) is 0. The van der Waals surface area contributed by atoms with Crippen molar-refractivity contribution >= 4 is 39.0 Å². The number of benzene rings is 2. The Hall–Kier alpha value is -2.86. The molecule has 0 saturated carbocycles. The van der Waals surface area contributed by atoms with Gasteiger partial charge in [0.2, 0.25) is 0 Å². The van der Waals surface area contributed by atoms with Crippen LogP contribution in [0.25, 0.3) is 0 Å². The van der Waals surface area contributed by atoms with E-state index in [2.05, 4.69) is 10.6 Å². The molecule has 0 aliphatic rings. The van der Waals surface area contributed by atoms with Gasteiger partial charge in [-0.2, -0.15) is 13.7 Å². The molecule has 0 aliphatic carbocycles. The zero-order chi connectivity index (χ0) is 18.4. The minimum Gasteiger partial charge on any atom is -0.360 e. The van der Waals surface area contributed by atoms with Crippen molar-refractivity contribution in [2.75, 3.05) is 10.6 Å². The first-order chi connectivity index (χ1) is 11.8. The number of anilines is 2. The molecular weight excluding hydrogens is 366 g/mol. The lowest BCUT2D eigenvalue weighted by Crippen LogP contribution is -2.14. The second-order valence-corrected chi connectivity index (χ2v) is 6.63. The molecule has 7 nitrogen and oxygen atoms in total. The molecule has 0 saturated heterocycles. The van der Waals surface area contributed by atoms with Gasteiger partial charge in [-0.05, 0) is 48.5 Å². The highest BCUT2D eigenvalue weighted by molar-refractivity contribution is 7.85. The van der Waals surface area contributed by atoms with Gasteiger partial charge in [0.1, 0.15) is 11.6 Å². The van der Waals surface area contributed by atoms with E-state index in [1.807, 2.05) is 0 Å². The summed E-state index contributed by atoms with van der Waals surface area (Å²) < 4.78 is 30.8. The Bertz CT molecular complexity index is 946. The number of nitrogens with zero attached hydrogens (tertiary/aromatic N) is 1. The second-order valence-electron chi connectivity index (χ2n) is 4.77. The van der Waals surface area contributed by atoms with Gasteiger partial charge in [-0.1, -0.05) is 11.6 Å². The van der Waals surface area contributed by atoms with Crippen LogP contribution in [0.15, 0.2) is 65.2 Å². The zero-order valence-corrected chi connectivity index (χ0v) is 14.2. The molecule has 25 heavy (non-hydrogen) atoms. The molecule has 2 aromatic rings. The predicted molar refractivity (Wildman–Crippen MR) is 93.7 cm³/mol. The molecule has 0 heterocycles. The van der Waals surface area contributed by atoms with E-state index in [0.717, 1.165) is 12.1 Å². The smallest absolute Gasteiger partial charge is 0.294 e. The average Bonchev–Trinajstić information content (AvgIpc) is 2.56. The lowest BCUT2D eigenvalue weighted by Gasteiger charge is -2.06. The summed E-state index contributed by atoms with van der Waals surface area (Å²) in [7, 11) is -4.31. The molecule has 2 rings (SSSR count). The molecule has 0 unspecified atom stereocenters. The number of halogens is 1. The number of hydrogen-bond donors (Lipinski definition) is 3. The topological polar surface area (TPSA) is 119 Å². The number of nitrogens with one attached hydrogen (secondary N) is 2. The van der Waals surface area contributed by atoms with Gasteiger partial charge in [0.15, 0.2) is 0 Å².